The minimum Gasteiger partial charge on any atom is -0.480 e. The summed E-state index contributed by atoms with van der Waals surface area (Å²) in [6.45, 7) is 6.37. The van der Waals surface area contributed by atoms with E-state index < -0.39 is 6.10 Å². The first-order chi connectivity index (χ1) is 9.58. The summed E-state index contributed by atoms with van der Waals surface area (Å²) >= 11 is 0. The van der Waals surface area contributed by atoms with Crippen LogP contribution in [-0.2, 0) is 4.79 Å². The van der Waals surface area contributed by atoms with Crippen molar-refractivity contribution in [3.8, 4) is 5.75 Å². The largest absolute Gasteiger partial charge is 0.480 e. The molecular formula is C16H23NO3. The molecule has 1 unspecified atom stereocenters. The molecule has 4 nitrogen and oxygen atoms in total. The van der Waals surface area contributed by atoms with Gasteiger partial charge in [-0.2, -0.15) is 0 Å². The Hall–Kier alpha value is -1.84. The average molecular weight is 277 g/mol. The molecule has 1 aromatic carbocycles. The number of amides is 1. The van der Waals surface area contributed by atoms with Gasteiger partial charge in [-0.3, -0.25) is 9.59 Å². The van der Waals surface area contributed by atoms with Crippen LogP contribution in [0.5, 0.6) is 5.75 Å². The zero-order valence-electron chi connectivity index (χ0n) is 12.4. The molecule has 20 heavy (non-hydrogen) atoms. The molecule has 1 N–H and O–H groups in total. The van der Waals surface area contributed by atoms with Crippen molar-refractivity contribution in [1.29, 1.82) is 0 Å². The van der Waals surface area contributed by atoms with Crippen molar-refractivity contribution in [2.24, 2.45) is 0 Å². The third-order valence-corrected chi connectivity index (χ3v) is 3.04. The highest BCUT2D eigenvalue weighted by molar-refractivity contribution is 5.82. The van der Waals surface area contributed by atoms with E-state index in [1.54, 1.807) is 19.1 Å². The molecular weight excluding hydrogens is 254 g/mol. The number of ether oxygens (including phenoxy) is 1. The van der Waals surface area contributed by atoms with Crippen molar-refractivity contribution in [3.05, 3.63) is 29.3 Å². The van der Waals surface area contributed by atoms with Crippen LogP contribution in [-0.4, -0.2) is 24.8 Å². The predicted octanol–water partition coefficient (Wildman–Crippen LogP) is 2.88. The van der Waals surface area contributed by atoms with E-state index >= 15 is 0 Å². The number of benzene rings is 1. The standard InChI is InChI=1S/C16H23NO3/c1-4-5-6-9-17-16(19)13(3)20-15-8-7-12(2)10-14(15)11-18/h7-8,10-11,13H,4-6,9H2,1-3H3,(H,17,19). The van der Waals surface area contributed by atoms with Crippen molar-refractivity contribution >= 4 is 12.2 Å². The normalized spacial score (nSPS) is 11.8. The summed E-state index contributed by atoms with van der Waals surface area (Å²) in [6, 6.07) is 5.32. The monoisotopic (exact) mass is 277 g/mol. The second-order valence-corrected chi connectivity index (χ2v) is 4.92. The van der Waals surface area contributed by atoms with Gasteiger partial charge in [0, 0.05) is 6.54 Å². The van der Waals surface area contributed by atoms with Crippen LogP contribution in [0.4, 0.5) is 0 Å². The van der Waals surface area contributed by atoms with E-state index in [-0.39, 0.29) is 5.91 Å². The SMILES string of the molecule is CCCCCNC(=O)C(C)Oc1ccc(C)cc1C=O. The maximum absolute atomic E-state index is 11.9. The molecule has 110 valence electrons. The van der Waals surface area contributed by atoms with E-state index in [0.717, 1.165) is 31.1 Å². The molecule has 4 heteroatoms. The van der Waals surface area contributed by atoms with Crippen LogP contribution in [0.1, 0.15) is 49.0 Å². The van der Waals surface area contributed by atoms with E-state index in [4.69, 9.17) is 4.74 Å². The third kappa shape index (κ3) is 5.03. The molecule has 0 fully saturated rings. The van der Waals surface area contributed by atoms with Gasteiger partial charge in [-0.1, -0.05) is 31.4 Å². The summed E-state index contributed by atoms with van der Waals surface area (Å²) in [5.41, 5.74) is 1.45. The van der Waals surface area contributed by atoms with Gasteiger partial charge in [0.1, 0.15) is 5.75 Å². The molecule has 0 radical (unpaired) electrons. The van der Waals surface area contributed by atoms with Crippen molar-refractivity contribution in [3.63, 3.8) is 0 Å². The van der Waals surface area contributed by atoms with Gasteiger partial charge in [0.25, 0.3) is 5.91 Å². The second kappa shape index (κ2) is 8.35. The summed E-state index contributed by atoms with van der Waals surface area (Å²) in [6.07, 6.45) is 3.32. The fourth-order valence-corrected chi connectivity index (χ4v) is 1.84. The number of carbonyl (C=O) groups is 2. The quantitative estimate of drug-likeness (QED) is 0.587. The Kier molecular flexibility index (Phi) is 6.77. The van der Waals surface area contributed by atoms with Crippen molar-refractivity contribution in [2.75, 3.05) is 6.54 Å². The van der Waals surface area contributed by atoms with E-state index in [9.17, 15) is 9.59 Å². The minimum absolute atomic E-state index is 0.154. The number of rotatable bonds is 8. The molecule has 1 rings (SSSR count). The van der Waals surface area contributed by atoms with Crippen LogP contribution < -0.4 is 10.1 Å². The lowest BCUT2D eigenvalue weighted by Crippen LogP contribution is -2.37. The maximum Gasteiger partial charge on any atom is 0.260 e. The molecule has 0 saturated heterocycles. The first-order valence-electron chi connectivity index (χ1n) is 7.08. The van der Waals surface area contributed by atoms with Crippen LogP contribution in [0.3, 0.4) is 0 Å². The van der Waals surface area contributed by atoms with E-state index in [0.29, 0.717) is 17.9 Å². The first-order valence-corrected chi connectivity index (χ1v) is 7.08. The van der Waals surface area contributed by atoms with Gasteiger partial charge in [-0.05, 0) is 32.4 Å². The second-order valence-electron chi connectivity index (χ2n) is 4.92. The smallest absolute Gasteiger partial charge is 0.260 e. The Morgan fingerprint density at radius 2 is 2.15 bits per heavy atom. The molecule has 0 aliphatic rings. The molecule has 1 aromatic rings. The summed E-state index contributed by atoms with van der Waals surface area (Å²) < 4.78 is 5.57. The molecule has 0 aromatic heterocycles. The van der Waals surface area contributed by atoms with Crippen molar-refractivity contribution in [2.45, 2.75) is 46.1 Å². The molecule has 0 aliphatic heterocycles. The average Bonchev–Trinajstić information content (AvgIpc) is 2.45. The molecule has 1 atom stereocenters. The molecule has 0 heterocycles. The highest BCUT2D eigenvalue weighted by Gasteiger charge is 2.15. The van der Waals surface area contributed by atoms with Gasteiger partial charge in [-0.15, -0.1) is 0 Å². The molecule has 0 spiro atoms. The van der Waals surface area contributed by atoms with Gasteiger partial charge in [0.15, 0.2) is 12.4 Å². The number of nitrogens with one attached hydrogen (secondary N) is 1. The Morgan fingerprint density at radius 1 is 1.40 bits per heavy atom. The van der Waals surface area contributed by atoms with Gasteiger partial charge in [-0.25, -0.2) is 0 Å². The summed E-state index contributed by atoms with van der Waals surface area (Å²) in [4.78, 5) is 22.8. The number of unbranched alkanes of at least 4 members (excludes halogenated alkanes) is 2. The molecule has 0 aliphatic carbocycles. The lowest BCUT2D eigenvalue weighted by atomic mass is 10.1. The van der Waals surface area contributed by atoms with E-state index in [2.05, 4.69) is 12.2 Å². The summed E-state index contributed by atoms with van der Waals surface area (Å²) in [7, 11) is 0. The van der Waals surface area contributed by atoms with Crippen LogP contribution in [0, 0.1) is 6.92 Å². The van der Waals surface area contributed by atoms with Gasteiger partial charge >= 0.3 is 0 Å². The Bertz CT molecular complexity index is 457. The summed E-state index contributed by atoms with van der Waals surface area (Å²) in [5, 5.41) is 2.83. The van der Waals surface area contributed by atoms with Crippen LogP contribution >= 0.6 is 0 Å². The fraction of sp³-hybridized carbons (Fsp3) is 0.500. The lowest BCUT2D eigenvalue weighted by molar-refractivity contribution is -0.127. The zero-order chi connectivity index (χ0) is 15.0. The Balaban J connectivity index is 2.54. The van der Waals surface area contributed by atoms with Crippen LogP contribution in [0.25, 0.3) is 0 Å². The maximum atomic E-state index is 11.9. The van der Waals surface area contributed by atoms with Crippen molar-refractivity contribution < 1.29 is 14.3 Å². The Labute approximate surface area is 120 Å². The zero-order valence-corrected chi connectivity index (χ0v) is 12.4. The first kappa shape index (κ1) is 16.2. The molecule has 1 amide bonds. The van der Waals surface area contributed by atoms with E-state index in [1.807, 2.05) is 13.0 Å². The van der Waals surface area contributed by atoms with Gasteiger partial charge in [0.2, 0.25) is 0 Å². The fourth-order valence-electron chi connectivity index (χ4n) is 1.84. The molecule has 0 saturated carbocycles. The van der Waals surface area contributed by atoms with Crippen molar-refractivity contribution in [1.82, 2.24) is 5.32 Å². The number of hydrogen-bond donors (Lipinski definition) is 1. The minimum atomic E-state index is -0.613. The third-order valence-electron chi connectivity index (χ3n) is 3.04. The summed E-state index contributed by atoms with van der Waals surface area (Å²) in [5.74, 6) is 0.292. The highest BCUT2D eigenvalue weighted by Crippen LogP contribution is 2.19. The number of carbonyl (C=O) groups excluding carboxylic acids is 2. The van der Waals surface area contributed by atoms with Crippen LogP contribution in [0.2, 0.25) is 0 Å². The predicted molar refractivity (Wildman–Crippen MR) is 79.2 cm³/mol. The Morgan fingerprint density at radius 3 is 2.80 bits per heavy atom. The topological polar surface area (TPSA) is 55.4 Å². The van der Waals surface area contributed by atoms with Crippen LogP contribution in [0.15, 0.2) is 18.2 Å². The number of hydrogen-bond acceptors (Lipinski definition) is 3. The molecule has 0 bridgehead atoms. The highest BCUT2D eigenvalue weighted by atomic mass is 16.5. The van der Waals surface area contributed by atoms with Gasteiger partial charge in [0.05, 0.1) is 5.56 Å². The number of aldehydes is 1. The number of aryl methyl sites for hydroxylation is 1. The van der Waals surface area contributed by atoms with E-state index in [1.165, 1.54) is 0 Å². The van der Waals surface area contributed by atoms with Gasteiger partial charge < -0.3 is 10.1 Å². The lowest BCUT2D eigenvalue weighted by Gasteiger charge is -2.16.